The molecule has 0 aliphatic carbocycles. The van der Waals surface area contributed by atoms with E-state index < -0.39 is 22.7 Å². The van der Waals surface area contributed by atoms with Crippen LogP contribution in [-0.2, 0) is 15.7 Å². The van der Waals surface area contributed by atoms with Gasteiger partial charge in [-0.2, -0.15) is 0 Å². The van der Waals surface area contributed by atoms with Crippen LogP contribution in [0.25, 0.3) is 21.9 Å². The largest absolute Gasteiger partial charge is 0.497 e. The molecular weight excluding hydrogens is 454 g/mol. The number of hydrogen-bond acceptors (Lipinski definition) is 6. The van der Waals surface area contributed by atoms with Gasteiger partial charge in [0, 0.05) is 10.8 Å². The minimum atomic E-state index is -1.85. The average molecular weight is 474 g/mol. The molecule has 7 nitrogen and oxygen atoms in total. The first-order valence-corrected chi connectivity index (χ1v) is 11.5. The molecule has 5 aromatic rings. The number of fused-ring (bicyclic) bond motifs is 2. The zero-order valence-corrected chi connectivity index (χ0v) is 19.1. The van der Waals surface area contributed by atoms with E-state index >= 15 is 0 Å². The lowest BCUT2D eigenvalue weighted by Crippen LogP contribution is -2.17. The Morgan fingerprint density at radius 2 is 1.65 bits per heavy atom. The molecule has 0 aliphatic rings. The van der Waals surface area contributed by atoms with Crippen LogP contribution in [0.5, 0.6) is 5.75 Å². The van der Waals surface area contributed by atoms with Gasteiger partial charge in [-0.1, -0.05) is 36.4 Å². The Labute approximate surface area is 197 Å². The number of furan rings is 1. The van der Waals surface area contributed by atoms with Gasteiger partial charge in [-0.25, -0.2) is 9.00 Å². The quantitative estimate of drug-likeness (QED) is 0.255. The number of carbonyl (C=O) groups is 2. The molecule has 5 rings (SSSR count). The molecule has 3 aromatic carbocycles. The maximum Gasteiger partial charge on any atom is 0.340 e. The predicted molar refractivity (Wildman–Crippen MR) is 128 cm³/mol. The topological polar surface area (TPSA) is 87.7 Å². The maximum atomic E-state index is 13.8. The monoisotopic (exact) mass is 473 g/mol. The van der Waals surface area contributed by atoms with E-state index in [-0.39, 0.29) is 17.0 Å². The standard InChI is InChI=1S/C26H19NO6S/c1-31-17-12-13-20-19(15-17)23(26(29)32-2)24(27(20)34(30)18-9-4-3-5-10-18)25(28)22-14-16-8-6-7-11-21(16)33-22/h3-15H,1-2H3. The Hall–Kier alpha value is -4.17. The first-order valence-electron chi connectivity index (χ1n) is 10.3. The number of nitrogens with zero attached hydrogens (tertiary/aromatic N) is 1. The molecule has 8 heteroatoms. The fourth-order valence-electron chi connectivity index (χ4n) is 3.91. The van der Waals surface area contributed by atoms with Crippen LogP contribution in [0.4, 0.5) is 0 Å². The third-order valence-corrected chi connectivity index (χ3v) is 6.88. The van der Waals surface area contributed by atoms with Crippen molar-refractivity contribution in [2.45, 2.75) is 4.90 Å². The molecule has 0 fully saturated rings. The van der Waals surface area contributed by atoms with Crippen molar-refractivity contribution in [1.29, 1.82) is 0 Å². The number of para-hydroxylation sites is 1. The average Bonchev–Trinajstić information content (AvgIpc) is 3.47. The minimum Gasteiger partial charge on any atom is -0.497 e. The fourth-order valence-corrected chi connectivity index (χ4v) is 5.19. The Morgan fingerprint density at radius 3 is 2.35 bits per heavy atom. The highest BCUT2D eigenvalue weighted by atomic mass is 32.2. The van der Waals surface area contributed by atoms with Gasteiger partial charge in [0.2, 0.25) is 5.78 Å². The van der Waals surface area contributed by atoms with Gasteiger partial charge >= 0.3 is 5.97 Å². The lowest BCUT2D eigenvalue weighted by atomic mass is 10.1. The van der Waals surface area contributed by atoms with Crippen molar-refractivity contribution in [1.82, 2.24) is 3.97 Å². The molecule has 170 valence electrons. The summed E-state index contributed by atoms with van der Waals surface area (Å²) in [7, 11) is 0.884. The molecule has 0 saturated heterocycles. The van der Waals surface area contributed by atoms with Crippen LogP contribution in [0.1, 0.15) is 26.6 Å². The molecule has 1 unspecified atom stereocenters. The van der Waals surface area contributed by atoms with Gasteiger partial charge in [0.15, 0.2) is 16.7 Å². The third kappa shape index (κ3) is 3.48. The van der Waals surface area contributed by atoms with E-state index in [1.54, 1.807) is 66.7 Å². The van der Waals surface area contributed by atoms with Gasteiger partial charge < -0.3 is 13.9 Å². The SMILES string of the molecule is COC(=O)c1c(C(=O)c2cc3ccccc3o2)n(S(=O)c2ccccc2)c2ccc(OC)cc12. The van der Waals surface area contributed by atoms with Gasteiger partial charge in [-0.3, -0.25) is 8.77 Å². The van der Waals surface area contributed by atoms with Crippen LogP contribution >= 0.6 is 0 Å². The van der Waals surface area contributed by atoms with E-state index in [1.165, 1.54) is 18.2 Å². The van der Waals surface area contributed by atoms with Crippen molar-refractivity contribution in [3.8, 4) is 5.75 Å². The molecule has 0 aliphatic heterocycles. The van der Waals surface area contributed by atoms with Crippen LogP contribution in [0.2, 0.25) is 0 Å². The minimum absolute atomic E-state index is 0.00821. The van der Waals surface area contributed by atoms with E-state index in [4.69, 9.17) is 13.9 Å². The Balaban J connectivity index is 1.84. The second kappa shape index (κ2) is 8.64. The Morgan fingerprint density at radius 1 is 0.912 bits per heavy atom. The zero-order valence-electron chi connectivity index (χ0n) is 18.3. The van der Waals surface area contributed by atoms with Gasteiger partial charge in [0.25, 0.3) is 0 Å². The fraction of sp³-hybridized carbons (Fsp3) is 0.0769. The van der Waals surface area contributed by atoms with Crippen molar-refractivity contribution in [2.75, 3.05) is 14.2 Å². The second-order valence-electron chi connectivity index (χ2n) is 7.43. The highest BCUT2D eigenvalue weighted by molar-refractivity contribution is 7.83. The maximum absolute atomic E-state index is 13.8. The third-order valence-electron chi connectivity index (χ3n) is 5.50. The Bertz CT molecular complexity index is 1550. The van der Waals surface area contributed by atoms with E-state index in [0.717, 1.165) is 5.39 Å². The van der Waals surface area contributed by atoms with E-state index in [1.807, 2.05) is 12.1 Å². The zero-order chi connectivity index (χ0) is 23.8. The highest BCUT2D eigenvalue weighted by Crippen LogP contribution is 2.34. The van der Waals surface area contributed by atoms with E-state index in [2.05, 4.69) is 0 Å². The number of aromatic nitrogens is 1. The lowest BCUT2D eigenvalue weighted by molar-refractivity contribution is 0.0599. The van der Waals surface area contributed by atoms with Crippen molar-refractivity contribution in [3.63, 3.8) is 0 Å². The van der Waals surface area contributed by atoms with Crippen LogP contribution in [0, 0.1) is 0 Å². The highest BCUT2D eigenvalue weighted by Gasteiger charge is 2.33. The first kappa shape index (κ1) is 21.7. The van der Waals surface area contributed by atoms with Crippen LogP contribution in [0.3, 0.4) is 0 Å². The molecule has 0 bridgehead atoms. The summed E-state index contributed by atoms with van der Waals surface area (Å²) in [4.78, 5) is 27.3. The number of ether oxygens (including phenoxy) is 2. The van der Waals surface area contributed by atoms with Crippen molar-refractivity contribution in [2.24, 2.45) is 0 Å². The summed E-state index contributed by atoms with van der Waals surface area (Å²) < 4.78 is 31.3. The summed E-state index contributed by atoms with van der Waals surface area (Å²) in [6.45, 7) is 0. The number of rotatable bonds is 6. The second-order valence-corrected chi connectivity index (χ2v) is 8.77. The van der Waals surface area contributed by atoms with Gasteiger partial charge in [0.1, 0.15) is 17.0 Å². The number of esters is 1. The summed E-state index contributed by atoms with van der Waals surface area (Å²) in [6.07, 6.45) is 0. The van der Waals surface area contributed by atoms with E-state index in [9.17, 15) is 13.8 Å². The van der Waals surface area contributed by atoms with Gasteiger partial charge in [-0.15, -0.1) is 0 Å². The number of benzene rings is 3. The summed E-state index contributed by atoms with van der Waals surface area (Å²) >= 11 is 0. The first-order chi connectivity index (χ1) is 16.5. The number of ketones is 1. The smallest absolute Gasteiger partial charge is 0.340 e. The lowest BCUT2D eigenvalue weighted by Gasteiger charge is -2.10. The number of hydrogen-bond donors (Lipinski definition) is 0. The predicted octanol–water partition coefficient (Wildman–Crippen LogP) is 4.98. The molecule has 0 radical (unpaired) electrons. The Kier molecular flexibility index (Phi) is 5.51. The molecular formula is C26H19NO6S. The van der Waals surface area contributed by atoms with Crippen molar-refractivity contribution in [3.05, 3.63) is 95.9 Å². The summed E-state index contributed by atoms with van der Waals surface area (Å²) in [5, 5.41) is 1.12. The van der Waals surface area contributed by atoms with Crippen molar-refractivity contribution < 1.29 is 27.7 Å². The van der Waals surface area contributed by atoms with Gasteiger partial charge in [-0.05, 0) is 42.5 Å². The van der Waals surface area contributed by atoms with E-state index in [0.29, 0.717) is 27.1 Å². The van der Waals surface area contributed by atoms with Crippen molar-refractivity contribution >= 4 is 44.6 Å². The van der Waals surface area contributed by atoms with Crippen LogP contribution in [-0.4, -0.2) is 34.2 Å². The molecule has 0 saturated carbocycles. The molecule has 0 N–H and O–H groups in total. The van der Waals surface area contributed by atoms with Gasteiger partial charge in [0.05, 0.1) is 30.2 Å². The summed E-state index contributed by atoms with van der Waals surface area (Å²) in [6, 6.07) is 22.5. The summed E-state index contributed by atoms with van der Waals surface area (Å²) in [5.41, 5.74) is 0.851. The molecule has 2 heterocycles. The molecule has 1 atom stereocenters. The van der Waals surface area contributed by atoms with Crippen LogP contribution in [0.15, 0.2) is 88.2 Å². The molecule has 2 aromatic heterocycles. The molecule has 0 spiro atoms. The normalized spacial score (nSPS) is 12.1. The molecule has 0 amide bonds. The van der Waals surface area contributed by atoms with Crippen LogP contribution < -0.4 is 4.74 Å². The number of carbonyl (C=O) groups excluding carboxylic acids is 2. The molecule has 34 heavy (non-hydrogen) atoms. The summed E-state index contributed by atoms with van der Waals surface area (Å²) in [5.74, 6) is -0.826. The number of methoxy groups -OCH3 is 2.